The molecule has 0 saturated heterocycles. The summed E-state index contributed by atoms with van der Waals surface area (Å²) in [6, 6.07) is 7.48. The molecule has 0 amide bonds. The molecule has 110 valence electrons. The molecule has 0 radical (unpaired) electrons. The summed E-state index contributed by atoms with van der Waals surface area (Å²) in [5.41, 5.74) is 1.45. The average Bonchev–Trinajstić information content (AvgIpc) is 2.49. The molecule has 2 aromatic carbocycles. The normalized spacial score (nSPS) is 13.1. The Kier molecular flexibility index (Phi) is 3.96. The molecule has 1 heterocycles. The zero-order chi connectivity index (χ0) is 14.8. The van der Waals surface area contributed by atoms with Crippen molar-refractivity contribution in [2.45, 2.75) is 6.54 Å². The van der Waals surface area contributed by atoms with Crippen LogP contribution in [0.5, 0.6) is 11.5 Å². The summed E-state index contributed by atoms with van der Waals surface area (Å²) >= 11 is 3.44. The summed E-state index contributed by atoms with van der Waals surface area (Å²) in [6.45, 7) is 1.50. The molecule has 1 N–H and O–H groups in total. The number of benzene rings is 2. The lowest BCUT2D eigenvalue weighted by molar-refractivity contribution is 0.170. The second-order valence-electron chi connectivity index (χ2n) is 4.58. The number of hydrogen-bond donors (Lipinski definition) is 1. The summed E-state index contributed by atoms with van der Waals surface area (Å²) < 4.78 is 37.9. The van der Waals surface area contributed by atoms with Crippen LogP contribution in [0.15, 0.2) is 34.8 Å². The van der Waals surface area contributed by atoms with Crippen LogP contribution in [0.3, 0.4) is 0 Å². The number of hydrogen-bond acceptors (Lipinski definition) is 3. The highest BCUT2D eigenvalue weighted by Gasteiger charge is 2.16. The molecule has 2 aromatic rings. The van der Waals surface area contributed by atoms with Crippen molar-refractivity contribution in [1.29, 1.82) is 0 Å². The maximum absolute atomic E-state index is 13.1. The van der Waals surface area contributed by atoms with Crippen LogP contribution in [-0.4, -0.2) is 13.2 Å². The fourth-order valence-corrected chi connectivity index (χ4v) is 2.68. The monoisotopic (exact) mass is 355 g/mol. The first-order valence-electron chi connectivity index (χ1n) is 6.40. The van der Waals surface area contributed by atoms with Gasteiger partial charge in [-0.3, -0.25) is 0 Å². The average molecular weight is 356 g/mol. The van der Waals surface area contributed by atoms with E-state index in [4.69, 9.17) is 9.47 Å². The van der Waals surface area contributed by atoms with Gasteiger partial charge in [-0.2, -0.15) is 0 Å². The van der Waals surface area contributed by atoms with Gasteiger partial charge in [0.05, 0.1) is 4.47 Å². The molecule has 0 fully saturated rings. The summed E-state index contributed by atoms with van der Waals surface area (Å²) in [4.78, 5) is 0. The summed E-state index contributed by atoms with van der Waals surface area (Å²) in [7, 11) is 0. The SMILES string of the molecule is Fc1ccc(NCc2cc(Br)c3c(c2)OCCO3)cc1F. The van der Waals surface area contributed by atoms with Crippen LogP contribution in [0, 0.1) is 11.6 Å². The predicted molar refractivity (Wildman–Crippen MR) is 78.8 cm³/mol. The van der Waals surface area contributed by atoms with Gasteiger partial charge in [-0.15, -0.1) is 0 Å². The Bertz CT molecular complexity index is 679. The molecule has 1 aliphatic heterocycles. The Labute approximate surface area is 129 Å². The maximum atomic E-state index is 13.1. The van der Waals surface area contributed by atoms with Crippen molar-refractivity contribution in [3.05, 3.63) is 52.0 Å². The maximum Gasteiger partial charge on any atom is 0.175 e. The van der Waals surface area contributed by atoms with Gasteiger partial charge in [-0.1, -0.05) is 0 Å². The standard InChI is InChI=1S/C15H12BrF2NO2/c16-11-5-9(6-14-15(11)21-4-3-20-14)8-19-10-1-2-12(17)13(18)7-10/h1-2,5-7,19H,3-4,8H2. The Morgan fingerprint density at radius 2 is 1.86 bits per heavy atom. The molecule has 0 spiro atoms. The summed E-state index contributed by atoms with van der Waals surface area (Å²) in [5, 5.41) is 3.04. The van der Waals surface area contributed by atoms with Gasteiger partial charge >= 0.3 is 0 Å². The van der Waals surface area contributed by atoms with Crippen molar-refractivity contribution in [3.8, 4) is 11.5 Å². The highest BCUT2D eigenvalue weighted by atomic mass is 79.9. The van der Waals surface area contributed by atoms with Crippen LogP contribution in [0.25, 0.3) is 0 Å². The number of anilines is 1. The van der Waals surface area contributed by atoms with Gasteiger partial charge in [0.2, 0.25) is 0 Å². The molecule has 6 heteroatoms. The van der Waals surface area contributed by atoms with Gasteiger partial charge in [-0.25, -0.2) is 8.78 Å². The van der Waals surface area contributed by atoms with Crippen LogP contribution in [0.1, 0.15) is 5.56 Å². The van der Waals surface area contributed by atoms with E-state index in [-0.39, 0.29) is 0 Å². The molecule has 0 saturated carbocycles. The molecule has 0 aromatic heterocycles. The van der Waals surface area contributed by atoms with Crippen LogP contribution in [-0.2, 0) is 6.54 Å². The van der Waals surface area contributed by atoms with Gasteiger partial charge in [0.25, 0.3) is 0 Å². The molecular weight excluding hydrogens is 344 g/mol. The molecule has 0 aliphatic carbocycles. The first-order chi connectivity index (χ1) is 10.1. The third-order valence-electron chi connectivity index (χ3n) is 3.07. The zero-order valence-electron chi connectivity index (χ0n) is 11.0. The smallest absolute Gasteiger partial charge is 0.175 e. The zero-order valence-corrected chi connectivity index (χ0v) is 12.5. The second-order valence-corrected chi connectivity index (χ2v) is 5.44. The van der Waals surface area contributed by atoms with Gasteiger partial charge < -0.3 is 14.8 Å². The number of halogens is 3. The number of nitrogens with one attached hydrogen (secondary N) is 1. The quantitative estimate of drug-likeness (QED) is 0.898. The minimum atomic E-state index is -0.872. The van der Waals surface area contributed by atoms with E-state index in [9.17, 15) is 8.78 Å². The lowest BCUT2D eigenvalue weighted by Crippen LogP contribution is -2.16. The largest absolute Gasteiger partial charge is 0.486 e. The first kappa shape index (κ1) is 14.1. The van der Waals surface area contributed by atoms with Crippen molar-refractivity contribution in [2.24, 2.45) is 0 Å². The van der Waals surface area contributed by atoms with E-state index in [0.29, 0.717) is 36.9 Å². The van der Waals surface area contributed by atoms with E-state index in [1.54, 1.807) is 0 Å². The molecular formula is C15H12BrF2NO2. The van der Waals surface area contributed by atoms with Crippen molar-refractivity contribution < 1.29 is 18.3 Å². The van der Waals surface area contributed by atoms with Crippen molar-refractivity contribution in [3.63, 3.8) is 0 Å². The number of ether oxygens (including phenoxy) is 2. The van der Waals surface area contributed by atoms with E-state index in [0.717, 1.165) is 22.2 Å². The highest BCUT2D eigenvalue weighted by molar-refractivity contribution is 9.10. The third-order valence-corrected chi connectivity index (χ3v) is 3.66. The van der Waals surface area contributed by atoms with Gasteiger partial charge in [0.15, 0.2) is 23.1 Å². The summed E-state index contributed by atoms with van der Waals surface area (Å²) in [6.07, 6.45) is 0. The minimum absolute atomic E-state index is 0.459. The van der Waals surface area contributed by atoms with E-state index in [1.165, 1.54) is 6.07 Å². The van der Waals surface area contributed by atoms with Crippen LogP contribution in [0.2, 0.25) is 0 Å². The van der Waals surface area contributed by atoms with Crippen LogP contribution in [0.4, 0.5) is 14.5 Å². The van der Waals surface area contributed by atoms with Gasteiger partial charge in [-0.05, 0) is 45.8 Å². The number of rotatable bonds is 3. The molecule has 0 atom stereocenters. The van der Waals surface area contributed by atoms with E-state index in [2.05, 4.69) is 21.2 Å². The fraction of sp³-hybridized carbons (Fsp3) is 0.200. The molecule has 3 rings (SSSR count). The first-order valence-corrected chi connectivity index (χ1v) is 7.20. The van der Waals surface area contributed by atoms with E-state index in [1.807, 2.05) is 12.1 Å². The van der Waals surface area contributed by atoms with E-state index >= 15 is 0 Å². The van der Waals surface area contributed by atoms with Crippen molar-refractivity contribution >= 4 is 21.6 Å². The highest BCUT2D eigenvalue weighted by Crippen LogP contribution is 2.38. The minimum Gasteiger partial charge on any atom is -0.486 e. The van der Waals surface area contributed by atoms with Gasteiger partial charge in [0, 0.05) is 18.3 Å². The molecule has 3 nitrogen and oxygen atoms in total. The molecule has 21 heavy (non-hydrogen) atoms. The van der Waals surface area contributed by atoms with Crippen molar-refractivity contribution in [1.82, 2.24) is 0 Å². The van der Waals surface area contributed by atoms with E-state index < -0.39 is 11.6 Å². The molecule has 0 bridgehead atoms. The topological polar surface area (TPSA) is 30.5 Å². The lowest BCUT2D eigenvalue weighted by atomic mass is 10.2. The van der Waals surface area contributed by atoms with Crippen LogP contribution >= 0.6 is 15.9 Å². The van der Waals surface area contributed by atoms with Crippen molar-refractivity contribution in [2.75, 3.05) is 18.5 Å². The van der Waals surface area contributed by atoms with Gasteiger partial charge in [0.1, 0.15) is 13.2 Å². The second kappa shape index (κ2) is 5.89. The lowest BCUT2D eigenvalue weighted by Gasteiger charge is -2.20. The Morgan fingerprint density at radius 3 is 2.67 bits per heavy atom. The summed E-state index contributed by atoms with van der Waals surface area (Å²) in [5.74, 6) is -0.360. The Morgan fingerprint density at radius 1 is 1.05 bits per heavy atom. The third kappa shape index (κ3) is 3.10. The van der Waals surface area contributed by atoms with Crippen LogP contribution < -0.4 is 14.8 Å². The Hall–Kier alpha value is -1.82. The predicted octanol–water partition coefficient (Wildman–Crippen LogP) is 4.11. The molecule has 1 aliphatic rings. The fourth-order valence-electron chi connectivity index (χ4n) is 2.08. The Balaban J connectivity index is 1.76. The number of fused-ring (bicyclic) bond motifs is 1. The molecule has 0 unspecified atom stereocenters.